The Labute approximate surface area is 214 Å². The van der Waals surface area contributed by atoms with Gasteiger partial charge in [0, 0.05) is 44.6 Å². The highest BCUT2D eigenvalue weighted by molar-refractivity contribution is 14.0. The smallest absolute Gasteiger partial charge is 0.191 e. The van der Waals surface area contributed by atoms with E-state index in [1.54, 1.807) is 0 Å². The van der Waals surface area contributed by atoms with Gasteiger partial charge in [-0.2, -0.15) is 5.10 Å². The Kier molecular flexibility index (Phi) is 10.2. The van der Waals surface area contributed by atoms with Crippen molar-refractivity contribution in [3.05, 3.63) is 89.7 Å². The van der Waals surface area contributed by atoms with E-state index >= 15 is 0 Å². The SMILES string of the molecule is CCNC(=NCc1ccccc1Cn1cccn1)NC1CCN(Cc2ccccc2)CC1.I. The summed E-state index contributed by atoms with van der Waals surface area (Å²) in [6.45, 7) is 7.65. The van der Waals surface area contributed by atoms with Gasteiger partial charge in [0.15, 0.2) is 5.96 Å². The molecule has 2 heterocycles. The van der Waals surface area contributed by atoms with Gasteiger partial charge in [-0.15, -0.1) is 24.0 Å². The van der Waals surface area contributed by atoms with Crippen LogP contribution in [0.1, 0.15) is 36.5 Å². The summed E-state index contributed by atoms with van der Waals surface area (Å²) >= 11 is 0. The molecule has 2 aromatic carbocycles. The Morgan fingerprint density at radius 2 is 1.70 bits per heavy atom. The number of hydrogen-bond acceptors (Lipinski definition) is 3. The summed E-state index contributed by atoms with van der Waals surface area (Å²) in [6.07, 6.45) is 6.08. The van der Waals surface area contributed by atoms with Crippen LogP contribution in [0.5, 0.6) is 0 Å². The fourth-order valence-electron chi connectivity index (χ4n) is 4.19. The normalized spacial score (nSPS) is 15.1. The van der Waals surface area contributed by atoms with Crippen molar-refractivity contribution >= 4 is 29.9 Å². The molecular weight excluding hydrogens is 523 g/mol. The van der Waals surface area contributed by atoms with Crippen molar-refractivity contribution in [3.8, 4) is 0 Å². The van der Waals surface area contributed by atoms with E-state index in [4.69, 9.17) is 4.99 Å². The predicted molar refractivity (Wildman–Crippen MR) is 146 cm³/mol. The number of halogens is 1. The highest BCUT2D eigenvalue weighted by atomic mass is 127. The predicted octanol–water partition coefficient (Wildman–Crippen LogP) is 4.27. The van der Waals surface area contributed by atoms with E-state index in [0.717, 1.165) is 51.5 Å². The van der Waals surface area contributed by atoms with Gasteiger partial charge in [0.2, 0.25) is 0 Å². The fraction of sp³-hybridized carbons (Fsp3) is 0.385. The van der Waals surface area contributed by atoms with E-state index in [-0.39, 0.29) is 24.0 Å². The summed E-state index contributed by atoms with van der Waals surface area (Å²) < 4.78 is 1.95. The number of aliphatic imine (C=N–C) groups is 1. The van der Waals surface area contributed by atoms with Crippen LogP contribution in [-0.4, -0.2) is 46.3 Å². The first-order valence-electron chi connectivity index (χ1n) is 11.7. The third-order valence-corrected chi connectivity index (χ3v) is 5.94. The molecule has 33 heavy (non-hydrogen) atoms. The minimum atomic E-state index is 0. The average Bonchev–Trinajstić information content (AvgIpc) is 3.34. The molecule has 7 heteroatoms. The number of nitrogens with zero attached hydrogens (tertiary/aromatic N) is 4. The number of hydrogen-bond donors (Lipinski definition) is 2. The van der Waals surface area contributed by atoms with Gasteiger partial charge in [-0.25, -0.2) is 4.99 Å². The number of rotatable bonds is 8. The van der Waals surface area contributed by atoms with Crippen LogP contribution in [0.3, 0.4) is 0 Å². The van der Waals surface area contributed by atoms with E-state index in [0.29, 0.717) is 12.6 Å². The lowest BCUT2D eigenvalue weighted by Crippen LogP contribution is -2.48. The van der Waals surface area contributed by atoms with Crippen molar-refractivity contribution in [3.63, 3.8) is 0 Å². The van der Waals surface area contributed by atoms with E-state index < -0.39 is 0 Å². The van der Waals surface area contributed by atoms with Gasteiger partial charge < -0.3 is 10.6 Å². The largest absolute Gasteiger partial charge is 0.357 e. The lowest BCUT2D eigenvalue weighted by molar-refractivity contribution is 0.198. The number of aromatic nitrogens is 2. The monoisotopic (exact) mass is 558 g/mol. The summed E-state index contributed by atoms with van der Waals surface area (Å²) in [6, 6.07) is 21.7. The highest BCUT2D eigenvalue weighted by Crippen LogP contribution is 2.15. The molecular formula is C26H35IN6. The molecule has 0 saturated carbocycles. The molecule has 1 aliphatic heterocycles. The fourth-order valence-corrected chi connectivity index (χ4v) is 4.19. The van der Waals surface area contributed by atoms with Crippen molar-refractivity contribution in [2.75, 3.05) is 19.6 Å². The van der Waals surface area contributed by atoms with Crippen LogP contribution in [0.15, 0.2) is 78.0 Å². The van der Waals surface area contributed by atoms with Crippen LogP contribution in [0.2, 0.25) is 0 Å². The molecule has 6 nitrogen and oxygen atoms in total. The van der Waals surface area contributed by atoms with Gasteiger partial charge in [0.25, 0.3) is 0 Å². The lowest BCUT2D eigenvalue weighted by Gasteiger charge is -2.33. The highest BCUT2D eigenvalue weighted by Gasteiger charge is 2.20. The zero-order valence-electron chi connectivity index (χ0n) is 19.4. The van der Waals surface area contributed by atoms with Gasteiger partial charge in [0.1, 0.15) is 0 Å². The minimum absolute atomic E-state index is 0. The van der Waals surface area contributed by atoms with E-state index in [2.05, 4.69) is 82.2 Å². The molecule has 0 radical (unpaired) electrons. The van der Waals surface area contributed by atoms with Crippen LogP contribution in [0, 0.1) is 0 Å². The lowest BCUT2D eigenvalue weighted by atomic mass is 10.0. The van der Waals surface area contributed by atoms with Crippen molar-refractivity contribution in [2.24, 2.45) is 4.99 Å². The molecule has 1 fully saturated rings. The van der Waals surface area contributed by atoms with Gasteiger partial charge in [-0.3, -0.25) is 9.58 Å². The molecule has 1 aliphatic rings. The summed E-state index contributed by atoms with van der Waals surface area (Å²) in [5.41, 5.74) is 3.88. The second-order valence-corrected chi connectivity index (χ2v) is 8.35. The quantitative estimate of drug-likeness (QED) is 0.247. The summed E-state index contributed by atoms with van der Waals surface area (Å²) in [5.74, 6) is 0.905. The maximum Gasteiger partial charge on any atom is 0.191 e. The number of nitrogens with one attached hydrogen (secondary N) is 2. The molecule has 176 valence electrons. The standard InChI is InChI=1S/C26H34N6.HI/c1-2-27-26(28-19-23-11-6-7-12-24(23)21-32-16-8-15-29-32)30-25-13-17-31(18-14-25)20-22-9-4-3-5-10-22;/h3-12,15-16,25H,2,13-14,17-21H2,1H3,(H2,27,28,30);1H. The summed E-state index contributed by atoms with van der Waals surface area (Å²) in [5, 5.41) is 11.4. The van der Waals surface area contributed by atoms with E-state index in [1.165, 1.54) is 16.7 Å². The topological polar surface area (TPSA) is 57.5 Å². The van der Waals surface area contributed by atoms with Crippen molar-refractivity contribution in [1.29, 1.82) is 0 Å². The Morgan fingerprint density at radius 3 is 2.39 bits per heavy atom. The van der Waals surface area contributed by atoms with E-state index in [9.17, 15) is 0 Å². The summed E-state index contributed by atoms with van der Waals surface area (Å²) in [4.78, 5) is 7.45. The molecule has 0 atom stereocenters. The Balaban J connectivity index is 0.00000306. The molecule has 0 spiro atoms. The molecule has 3 aromatic rings. The van der Waals surface area contributed by atoms with Crippen LogP contribution in [-0.2, 0) is 19.6 Å². The van der Waals surface area contributed by atoms with Crippen LogP contribution < -0.4 is 10.6 Å². The third-order valence-electron chi connectivity index (χ3n) is 5.94. The third kappa shape index (κ3) is 7.85. The molecule has 0 amide bonds. The maximum atomic E-state index is 4.91. The number of benzene rings is 2. The van der Waals surface area contributed by atoms with Gasteiger partial charge >= 0.3 is 0 Å². The van der Waals surface area contributed by atoms with Crippen LogP contribution in [0.25, 0.3) is 0 Å². The molecule has 0 unspecified atom stereocenters. The number of likely N-dealkylation sites (tertiary alicyclic amines) is 1. The molecule has 0 aliphatic carbocycles. The number of guanidine groups is 1. The first-order valence-corrected chi connectivity index (χ1v) is 11.7. The molecule has 2 N–H and O–H groups in total. The molecule has 4 rings (SSSR count). The Bertz CT molecular complexity index is 965. The van der Waals surface area contributed by atoms with Gasteiger partial charge in [-0.1, -0.05) is 54.6 Å². The number of piperidine rings is 1. The van der Waals surface area contributed by atoms with Crippen molar-refractivity contribution < 1.29 is 0 Å². The maximum absolute atomic E-state index is 4.91. The summed E-state index contributed by atoms with van der Waals surface area (Å²) in [7, 11) is 0. The minimum Gasteiger partial charge on any atom is -0.357 e. The van der Waals surface area contributed by atoms with Crippen LogP contribution in [0.4, 0.5) is 0 Å². The van der Waals surface area contributed by atoms with E-state index in [1.807, 2.05) is 23.1 Å². The first kappa shape index (κ1) is 25.2. The zero-order valence-corrected chi connectivity index (χ0v) is 21.7. The van der Waals surface area contributed by atoms with Crippen molar-refractivity contribution in [2.45, 2.75) is 45.4 Å². The second-order valence-electron chi connectivity index (χ2n) is 8.35. The second kappa shape index (κ2) is 13.3. The molecule has 0 bridgehead atoms. The molecule has 1 saturated heterocycles. The van der Waals surface area contributed by atoms with Gasteiger partial charge in [-0.05, 0) is 42.5 Å². The first-order chi connectivity index (χ1) is 15.8. The van der Waals surface area contributed by atoms with Crippen molar-refractivity contribution in [1.82, 2.24) is 25.3 Å². The molecule has 1 aromatic heterocycles. The average molecular weight is 559 g/mol. The zero-order chi connectivity index (χ0) is 22.0. The Morgan fingerprint density at radius 1 is 0.970 bits per heavy atom. The van der Waals surface area contributed by atoms with Gasteiger partial charge in [0.05, 0.1) is 13.1 Å². The van der Waals surface area contributed by atoms with Crippen LogP contribution >= 0.6 is 24.0 Å². The Hall–Kier alpha value is -2.39.